The molecule has 0 amide bonds. The molecule has 3 N–H and O–H groups in total. The molecule has 0 bridgehead atoms. The van der Waals surface area contributed by atoms with Crippen LogP contribution < -0.4 is 10.6 Å². The number of aliphatic imine (C=N–C) groups is 1. The monoisotopic (exact) mass is 482 g/mol. The van der Waals surface area contributed by atoms with Crippen LogP contribution in [0.25, 0.3) is 10.9 Å². The number of nitrogens with one attached hydrogen (secondary N) is 3. The third-order valence-corrected chi connectivity index (χ3v) is 5.04. The van der Waals surface area contributed by atoms with Crippen LogP contribution in [0.2, 0.25) is 0 Å². The average Bonchev–Trinajstić information content (AvgIpc) is 3.30. The number of hydrogen-bond donors (Lipinski definition) is 3. The first kappa shape index (κ1) is 20.8. The van der Waals surface area contributed by atoms with Crippen molar-refractivity contribution in [3.05, 3.63) is 58.4 Å². The first-order valence-corrected chi connectivity index (χ1v) is 9.81. The van der Waals surface area contributed by atoms with Gasteiger partial charge in [0.2, 0.25) is 0 Å². The number of thiophene rings is 1. The average molecular weight is 482 g/mol. The molecule has 0 aliphatic rings. The van der Waals surface area contributed by atoms with Crippen molar-refractivity contribution in [2.75, 3.05) is 19.6 Å². The number of para-hydroxylation sites is 1. The summed E-state index contributed by atoms with van der Waals surface area (Å²) in [4.78, 5) is 8.08. The maximum Gasteiger partial charge on any atom is 0.191 e. The highest BCUT2D eigenvalue weighted by Gasteiger charge is 2.07. The van der Waals surface area contributed by atoms with Gasteiger partial charge in [-0.1, -0.05) is 25.1 Å². The second kappa shape index (κ2) is 10.6. The van der Waals surface area contributed by atoms with Crippen LogP contribution in [0.15, 0.2) is 52.3 Å². The second-order valence-electron chi connectivity index (χ2n) is 6.21. The molecular formula is C20H27IN4S. The summed E-state index contributed by atoms with van der Waals surface area (Å²) in [5.74, 6) is 1.33. The Morgan fingerprint density at radius 2 is 2.08 bits per heavy atom. The highest BCUT2D eigenvalue weighted by Crippen LogP contribution is 2.19. The number of rotatable bonds is 7. The standard InChI is InChI=1S/C20H26N4S.HI/c1-3-21-20(24-12-15(2)17-9-11-25-14-17)22-10-8-16-13-23-19-7-5-4-6-18(16)19;/h4-7,9,11,13-15,23H,3,8,10,12H2,1-2H3,(H2,21,22,24);1H. The lowest BCUT2D eigenvalue weighted by Crippen LogP contribution is -2.38. The van der Waals surface area contributed by atoms with E-state index in [1.165, 1.54) is 22.0 Å². The minimum absolute atomic E-state index is 0. The number of halogens is 1. The molecule has 3 aromatic rings. The second-order valence-corrected chi connectivity index (χ2v) is 6.99. The Balaban J connectivity index is 0.00000243. The van der Waals surface area contributed by atoms with Gasteiger partial charge in [0.25, 0.3) is 0 Å². The molecule has 6 heteroatoms. The van der Waals surface area contributed by atoms with E-state index in [4.69, 9.17) is 4.99 Å². The van der Waals surface area contributed by atoms with Gasteiger partial charge < -0.3 is 15.6 Å². The van der Waals surface area contributed by atoms with E-state index in [2.05, 4.69) is 76.8 Å². The Morgan fingerprint density at radius 3 is 2.85 bits per heavy atom. The van der Waals surface area contributed by atoms with Gasteiger partial charge in [-0.15, -0.1) is 24.0 Å². The minimum atomic E-state index is 0. The van der Waals surface area contributed by atoms with Crippen molar-refractivity contribution >= 4 is 52.2 Å². The van der Waals surface area contributed by atoms with Crippen LogP contribution in [0.3, 0.4) is 0 Å². The van der Waals surface area contributed by atoms with Crippen molar-refractivity contribution in [2.45, 2.75) is 26.2 Å². The quantitative estimate of drug-likeness (QED) is 0.259. The molecule has 0 saturated carbocycles. The SMILES string of the molecule is CCNC(=NCC(C)c1ccsc1)NCCc1c[nH]c2ccccc12.I. The summed E-state index contributed by atoms with van der Waals surface area (Å²) in [6.45, 7) is 6.84. The largest absolute Gasteiger partial charge is 0.361 e. The summed E-state index contributed by atoms with van der Waals surface area (Å²) in [5.41, 5.74) is 3.90. The van der Waals surface area contributed by atoms with E-state index in [1.54, 1.807) is 11.3 Å². The van der Waals surface area contributed by atoms with Crippen LogP contribution in [0.5, 0.6) is 0 Å². The van der Waals surface area contributed by atoms with Crippen LogP contribution >= 0.6 is 35.3 Å². The van der Waals surface area contributed by atoms with Gasteiger partial charge in [0.15, 0.2) is 5.96 Å². The highest BCUT2D eigenvalue weighted by molar-refractivity contribution is 14.0. The van der Waals surface area contributed by atoms with Gasteiger partial charge in [-0.3, -0.25) is 4.99 Å². The molecule has 0 saturated heterocycles. The zero-order valence-corrected chi connectivity index (χ0v) is 18.4. The van der Waals surface area contributed by atoms with E-state index in [1.807, 2.05) is 0 Å². The Bertz CT molecular complexity index is 810. The Hall–Kier alpha value is -1.54. The summed E-state index contributed by atoms with van der Waals surface area (Å²) < 4.78 is 0. The molecule has 0 spiro atoms. The zero-order chi connectivity index (χ0) is 17.5. The summed E-state index contributed by atoms with van der Waals surface area (Å²) in [6, 6.07) is 10.6. The van der Waals surface area contributed by atoms with E-state index in [9.17, 15) is 0 Å². The number of aromatic amines is 1. The van der Waals surface area contributed by atoms with Gasteiger partial charge in [0.05, 0.1) is 0 Å². The third-order valence-electron chi connectivity index (χ3n) is 4.34. The van der Waals surface area contributed by atoms with Gasteiger partial charge >= 0.3 is 0 Å². The van der Waals surface area contributed by atoms with Crippen LogP contribution in [-0.2, 0) is 6.42 Å². The van der Waals surface area contributed by atoms with E-state index in [-0.39, 0.29) is 24.0 Å². The lowest BCUT2D eigenvalue weighted by Gasteiger charge is -2.13. The molecule has 4 nitrogen and oxygen atoms in total. The molecule has 1 aromatic carbocycles. The molecule has 2 heterocycles. The maximum atomic E-state index is 4.74. The molecule has 0 radical (unpaired) electrons. The molecule has 1 unspecified atom stereocenters. The van der Waals surface area contributed by atoms with Crippen molar-refractivity contribution in [2.24, 2.45) is 4.99 Å². The third kappa shape index (κ3) is 5.48. The topological polar surface area (TPSA) is 52.2 Å². The number of guanidine groups is 1. The predicted molar refractivity (Wildman–Crippen MR) is 124 cm³/mol. The minimum Gasteiger partial charge on any atom is -0.361 e. The zero-order valence-electron chi connectivity index (χ0n) is 15.3. The van der Waals surface area contributed by atoms with E-state index in [0.717, 1.165) is 32.0 Å². The highest BCUT2D eigenvalue weighted by atomic mass is 127. The molecule has 3 rings (SSSR count). The summed E-state index contributed by atoms with van der Waals surface area (Å²) in [6.07, 6.45) is 3.07. The van der Waals surface area contributed by atoms with E-state index >= 15 is 0 Å². The number of aromatic nitrogens is 1. The fourth-order valence-corrected chi connectivity index (χ4v) is 3.67. The smallest absolute Gasteiger partial charge is 0.191 e. The molecular weight excluding hydrogens is 455 g/mol. The molecule has 140 valence electrons. The molecule has 1 atom stereocenters. The Morgan fingerprint density at radius 1 is 1.23 bits per heavy atom. The summed E-state index contributed by atoms with van der Waals surface area (Å²) in [7, 11) is 0. The number of benzene rings is 1. The van der Waals surface area contributed by atoms with E-state index < -0.39 is 0 Å². The Kier molecular flexibility index (Phi) is 8.44. The maximum absolute atomic E-state index is 4.74. The summed E-state index contributed by atoms with van der Waals surface area (Å²) in [5, 5.41) is 12.4. The number of nitrogens with zero attached hydrogens (tertiary/aromatic N) is 1. The van der Waals surface area contributed by atoms with Gasteiger partial charge in [-0.2, -0.15) is 11.3 Å². The first-order chi connectivity index (χ1) is 12.3. The van der Waals surface area contributed by atoms with Crippen molar-refractivity contribution in [3.8, 4) is 0 Å². The fourth-order valence-electron chi connectivity index (χ4n) is 2.88. The molecule has 2 aromatic heterocycles. The molecule has 0 fully saturated rings. The summed E-state index contributed by atoms with van der Waals surface area (Å²) >= 11 is 1.74. The molecule has 0 aliphatic heterocycles. The van der Waals surface area contributed by atoms with Gasteiger partial charge in [-0.25, -0.2) is 0 Å². The van der Waals surface area contributed by atoms with Gasteiger partial charge in [0.1, 0.15) is 0 Å². The van der Waals surface area contributed by atoms with Crippen molar-refractivity contribution in [3.63, 3.8) is 0 Å². The van der Waals surface area contributed by atoms with E-state index in [0.29, 0.717) is 5.92 Å². The van der Waals surface area contributed by atoms with Gasteiger partial charge in [-0.05, 0) is 47.4 Å². The first-order valence-electron chi connectivity index (χ1n) is 8.87. The lowest BCUT2D eigenvalue weighted by molar-refractivity contribution is 0.748. The normalized spacial score (nSPS) is 12.6. The lowest BCUT2D eigenvalue weighted by atomic mass is 10.1. The molecule has 26 heavy (non-hydrogen) atoms. The number of H-pyrrole nitrogens is 1. The number of fused-ring (bicyclic) bond motifs is 1. The van der Waals surface area contributed by atoms with Crippen LogP contribution in [0, 0.1) is 0 Å². The van der Waals surface area contributed by atoms with Crippen molar-refractivity contribution < 1.29 is 0 Å². The number of hydrogen-bond acceptors (Lipinski definition) is 2. The van der Waals surface area contributed by atoms with Crippen LogP contribution in [-0.4, -0.2) is 30.6 Å². The predicted octanol–water partition coefficient (Wildman–Crippen LogP) is 4.75. The Labute approximate surface area is 176 Å². The van der Waals surface area contributed by atoms with Crippen LogP contribution in [0.4, 0.5) is 0 Å². The van der Waals surface area contributed by atoms with Gasteiger partial charge in [0, 0.05) is 42.7 Å². The van der Waals surface area contributed by atoms with Crippen LogP contribution in [0.1, 0.15) is 30.9 Å². The van der Waals surface area contributed by atoms with Crippen molar-refractivity contribution in [1.82, 2.24) is 15.6 Å². The molecule has 0 aliphatic carbocycles. The fraction of sp³-hybridized carbons (Fsp3) is 0.350. The van der Waals surface area contributed by atoms with Crippen molar-refractivity contribution in [1.29, 1.82) is 0 Å².